The number of benzene rings is 1. The second-order valence-corrected chi connectivity index (χ2v) is 11.3. The van der Waals surface area contributed by atoms with Crippen molar-refractivity contribution in [1.29, 1.82) is 0 Å². The molecule has 2 aliphatic rings. The zero-order valence-electron chi connectivity index (χ0n) is 22.0. The van der Waals surface area contributed by atoms with Gasteiger partial charge >= 0.3 is 11.8 Å². The number of imidazole rings is 1. The number of aromatic nitrogens is 4. The quantitative estimate of drug-likeness (QED) is 0.506. The summed E-state index contributed by atoms with van der Waals surface area (Å²) in [7, 11) is 1.66. The highest BCUT2D eigenvalue weighted by atomic mass is 16.4. The molecule has 0 saturated carbocycles. The van der Waals surface area contributed by atoms with Gasteiger partial charge in [0.2, 0.25) is 11.8 Å². The van der Waals surface area contributed by atoms with Gasteiger partial charge in [-0.3, -0.25) is 24.0 Å². The summed E-state index contributed by atoms with van der Waals surface area (Å²) in [5.74, 6) is -0.0290. The largest absolute Gasteiger partial charge is 0.465 e. The van der Waals surface area contributed by atoms with E-state index in [-0.39, 0.29) is 41.8 Å². The lowest BCUT2D eigenvalue weighted by molar-refractivity contribution is -0.135. The molecule has 11 nitrogen and oxygen atoms in total. The fourth-order valence-electron chi connectivity index (χ4n) is 5.72. The number of imide groups is 1. The van der Waals surface area contributed by atoms with E-state index < -0.39 is 18.0 Å². The maximum Gasteiger partial charge on any atom is 0.407 e. The second-order valence-electron chi connectivity index (χ2n) is 11.3. The van der Waals surface area contributed by atoms with E-state index >= 15 is 0 Å². The SMILES string of the molecule is Cn1c(=O)n(C2CCC(=O)NC2=O)c2ccc(-c3cnc(C4CCN(C(=O)O)C(C(C)(C)C)C4)nc3)cc21. The highest BCUT2D eigenvalue weighted by Gasteiger charge is 2.40. The van der Waals surface area contributed by atoms with Crippen molar-refractivity contribution in [1.82, 2.24) is 29.3 Å². The van der Waals surface area contributed by atoms with Crippen LogP contribution < -0.4 is 11.0 Å². The van der Waals surface area contributed by atoms with Crippen molar-refractivity contribution in [3.8, 4) is 11.1 Å². The molecule has 3 atom stereocenters. The van der Waals surface area contributed by atoms with E-state index in [1.165, 1.54) is 14.0 Å². The van der Waals surface area contributed by atoms with Crippen LogP contribution in [-0.2, 0) is 16.6 Å². The number of hydrogen-bond acceptors (Lipinski definition) is 6. The third-order valence-corrected chi connectivity index (χ3v) is 7.83. The van der Waals surface area contributed by atoms with Gasteiger partial charge in [-0.15, -0.1) is 0 Å². The van der Waals surface area contributed by atoms with Gasteiger partial charge < -0.3 is 10.0 Å². The molecule has 0 aliphatic carbocycles. The molecule has 3 aromatic rings. The van der Waals surface area contributed by atoms with Crippen LogP contribution in [0.15, 0.2) is 35.4 Å². The van der Waals surface area contributed by atoms with Gasteiger partial charge in [-0.05, 0) is 42.4 Å². The van der Waals surface area contributed by atoms with Gasteiger partial charge in [0.05, 0.1) is 11.0 Å². The monoisotopic (exact) mass is 520 g/mol. The fraction of sp³-hybridized carbons (Fsp3) is 0.481. The average molecular weight is 521 g/mol. The number of nitrogens with one attached hydrogen (secondary N) is 1. The van der Waals surface area contributed by atoms with Crippen molar-refractivity contribution in [2.24, 2.45) is 12.5 Å². The van der Waals surface area contributed by atoms with Gasteiger partial charge in [-0.1, -0.05) is 26.8 Å². The number of amides is 3. The molecule has 2 aliphatic heterocycles. The lowest BCUT2D eigenvalue weighted by Gasteiger charge is -2.44. The number of rotatable bonds is 3. The van der Waals surface area contributed by atoms with Crippen LogP contribution in [0.4, 0.5) is 4.79 Å². The molecular weight excluding hydrogens is 488 g/mol. The maximum atomic E-state index is 13.0. The third kappa shape index (κ3) is 4.46. The number of likely N-dealkylation sites (tertiary alicyclic amines) is 1. The van der Waals surface area contributed by atoms with Crippen molar-refractivity contribution >= 4 is 28.9 Å². The van der Waals surface area contributed by atoms with E-state index in [0.717, 1.165) is 11.1 Å². The topological polar surface area (TPSA) is 139 Å². The summed E-state index contributed by atoms with van der Waals surface area (Å²) in [5.41, 5.74) is 2.37. The third-order valence-electron chi connectivity index (χ3n) is 7.83. The van der Waals surface area contributed by atoms with Crippen molar-refractivity contribution in [3.05, 3.63) is 46.9 Å². The minimum atomic E-state index is -0.893. The van der Waals surface area contributed by atoms with Crippen molar-refractivity contribution < 1.29 is 19.5 Å². The van der Waals surface area contributed by atoms with Crippen LogP contribution in [-0.4, -0.2) is 59.6 Å². The van der Waals surface area contributed by atoms with Gasteiger partial charge in [0.1, 0.15) is 11.9 Å². The van der Waals surface area contributed by atoms with E-state index in [4.69, 9.17) is 0 Å². The number of fused-ring (bicyclic) bond motifs is 1. The molecular formula is C27H32N6O5. The number of aryl methyl sites for hydroxylation is 1. The van der Waals surface area contributed by atoms with Crippen molar-refractivity contribution in [2.45, 2.75) is 64.5 Å². The molecule has 0 bridgehead atoms. The summed E-state index contributed by atoms with van der Waals surface area (Å²) in [6.45, 7) is 6.60. The Morgan fingerprint density at radius 1 is 1.05 bits per heavy atom. The fourth-order valence-corrected chi connectivity index (χ4v) is 5.72. The maximum absolute atomic E-state index is 13.0. The molecule has 38 heavy (non-hydrogen) atoms. The van der Waals surface area contributed by atoms with E-state index in [1.807, 2.05) is 12.1 Å². The molecule has 2 saturated heterocycles. The van der Waals surface area contributed by atoms with E-state index in [0.29, 0.717) is 36.2 Å². The Balaban J connectivity index is 1.42. The number of piperidine rings is 2. The Morgan fingerprint density at radius 3 is 2.39 bits per heavy atom. The predicted octanol–water partition coefficient (Wildman–Crippen LogP) is 3.05. The summed E-state index contributed by atoms with van der Waals surface area (Å²) in [4.78, 5) is 59.6. The number of nitrogens with zero attached hydrogens (tertiary/aromatic N) is 5. The number of carboxylic acid groups (broad SMARTS) is 1. The summed E-state index contributed by atoms with van der Waals surface area (Å²) in [5, 5.41) is 12.0. The van der Waals surface area contributed by atoms with Crippen LogP contribution in [0.25, 0.3) is 22.2 Å². The lowest BCUT2D eigenvalue weighted by Crippen LogP contribution is -2.51. The Morgan fingerprint density at radius 2 is 1.76 bits per heavy atom. The number of carbonyl (C=O) groups is 3. The highest BCUT2D eigenvalue weighted by Crippen LogP contribution is 2.38. The number of carbonyl (C=O) groups excluding carboxylic acids is 2. The molecule has 2 fully saturated rings. The van der Waals surface area contributed by atoms with Crippen molar-refractivity contribution in [2.75, 3.05) is 6.54 Å². The highest BCUT2D eigenvalue weighted by molar-refractivity contribution is 6.00. The molecule has 3 unspecified atom stereocenters. The van der Waals surface area contributed by atoms with Gasteiger partial charge in [0.25, 0.3) is 0 Å². The van der Waals surface area contributed by atoms with E-state index in [9.17, 15) is 24.3 Å². The Kier molecular flexibility index (Phi) is 6.32. The first kappa shape index (κ1) is 25.6. The number of hydrogen-bond donors (Lipinski definition) is 2. The zero-order chi connectivity index (χ0) is 27.4. The van der Waals surface area contributed by atoms with E-state index in [1.54, 1.807) is 25.5 Å². The van der Waals surface area contributed by atoms with Crippen LogP contribution in [0.2, 0.25) is 0 Å². The first-order valence-corrected chi connectivity index (χ1v) is 12.8. The summed E-state index contributed by atoms with van der Waals surface area (Å²) in [6, 6.07) is 4.68. The molecule has 0 radical (unpaired) electrons. The smallest absolute Gasteiger partial charge is 0.407 e. The minimum Gasteiger partial charge on any atom is -0.465 e. The molecule has 1 aromatic carbocycles. The Labute approximate surface area is 219 Å². The van der Waals surface area contributed by atoms with Crippen LogP contribution in [0, 0.1) is 5.41 Å². The standard InChI is InChI=1S/C27H32N6O5/c1-27(2,3)21-12-16(9-10-32(21)26(37)38)23-28-13-17(14-29-23)15-5-6-18-20(11-15)31(4)25(36)33(18)19-7-8-22(34)30-24(19)35/h5-6,11,13-14,16,19,21H,7-10,12H2,1-4H3,(H,37,38)(H,30,34,35). The van der Waals surface area contributed by atoms with Gasteiger partial charge in [0, 0.05) is 49.9 Å². The predicted molar refractivity (Wildman–Crippen MR) is 140 cm³/mol. The Hall–Kier alpha value is -4.02. The van der Waals surface area contributed by atoms with Crippen LogP contribution in [0.1, 0.15) is 64.2 Å². The van der Waals surface area contributed by atoms with Crippen LogP contribution in [0.3, 0.4) is 0 Å². The molecule has 0 spiro atoms. The molecule has 200 valence electrons. The molecule has 11 heteroatoms. The molecule has 4 heterocycles. The lowest BCUT2D eigenvalue weighted by atomic mass is 9.77. The summed E-state index contributed by atoms with van der Waals surface area (Å²) >= 11 is 0. The second kappa shape index (κ2) is 9.38. The van der Waals surface area contributed by atoms with Gasteiger partial charge in [-0.2, -0.15) is 0 Å². The minimum absolute atomic E-state index is 0.0646. The summed E-state index contributed by atoms with van der Waals surface area (Å²) in [6.07, 6.45) is 4.42. The molecule has 2 N–H and O–H groups in total. The van der Waals surface area contributed by atoms with Gasteiger partial charge in [-0.25, -0.2) is 19.6 Å². The van der Waals surface area contributed by atoms with Crippen LogP contribution >= 0.6 is 0 Å². The first-order chi connectivity index (χ1) is 18.0. The normalized spacial score (nSPS) is 22.5. The Bertz CT molecular complexity index is 1480. The van der Waals surface area contributed by atoms with Gasteiger partial charge in [0.15, 0.2) is 0 Å². The van der Waals surface area contributed by atoms with Crippen molar-refractivity contribution in [3.63, 3.8) is 0 Å². The zero-order valence-corrected chi connectivity index (χ0v) is 22.0. The molecule has 2 aromatic heterocycles. The van der Waals surface area contributed by atoms with Crippen LogP contribution in [0.5, 0.6) is 0 Å². The first-order valence-electron chi connectivity index (χ1n) is 12.8. The van der Waals surface area contributed by atoms with E-state index in [2.05, 4.69) is 36.1 Å². The summed E-state index contributed by atoms with van der Waals surface area (Å²) < 4.78 is 2.95. The molecule has 5 rings (SSSR count). The molecule has 3 amide bonds. The average Bonchev–Trinajstić information content (AvgIpc) is 3.12.